The Balaban J connectivity index is 1.83. The number of hydrogen-bond acceptors (Lipinski definition) is 4. The van der Waals surface area contributed by atoms with Gasteiger partial charge < -0.3 is 15.4 Å². The summed E-state index contributed by atoms with van der Waals surface area (Å²) in [5, 5.41) is 9.90. The van der Waals surface area contributed by atoms with Crippen molar-refractivity contribution in [3.05, 3.63) is 76.0 Å². The largest absolute Gasteiger partial charge is 0.497 e. The van der Waals surface area contributed by atoms with Gasteiger partial charge in [0, 0.05) is 16.3 Å². The number of ether oxygens (including phenoxy) is 1. The molecule has 144 valence electrons. The van der Waals surface area contributed by atoms with Gasteiger partial charge in [-0.2, -0.15) is 5.10 Å². The highest BCUT2D eigenvalue weighted by molar-refractivity contribution is 6.33. The fourth-order valence-corrected chi connectivity index (χ4v) is 3.03. The Bertz CT molecular complexity index is 954. The normalized spacial score (nSPS) is 16.5. The maximum Gasteiger partial charge on any atom is 0.319 e. The zero-order valence-electron chi connectivity index (χ0n) is 15.3. The summed E-state index contributed by atoms with van der Waals surface area (Å²) in [6.45, 7) is 1.67. The molecule has 1 unspecified atom stereocenters. The minimum absolute atomic E-state index is 0.362. The van der Waals surface area contributed by atoms with Gasteiger partial charge in [-0.15, -0.1) is 0 Å². The first-order chi connectivity index (χ1) is 13.5. The molecule has 0 saturated carbocycles. The van der Waals surface area contributed by atoms with Crippen LogP contribution in [0.5, 0.6) is 5.75 Å². The van der Waals surface area contributed by atoms with Crippen LogP contribution in [-0.4, -0.2) is 25.3 Å². The zero-order valence-corrected chi connectivity index (χ0v) is 16.1. The van der Waals surface area contributed by atoms with Gasteiger partial charge in [-0.1, -0.05) is 41.9 Å². The molecular weight excluding hydrogens is 380 g/mol. The second-order valence-electron chi connectivity index (χ2n) is 6.06. The number of nitrogens with zero attached hydrogens (tertiary/aromatic N) is 1. The first-order valence-electron chi connectivity index (χ1n) is 8.49. The van der Waals surface area contributed by atoms with Gasteiger partial charge in [-0.25, -0.2) is 10.2 Å². The van der Waals surface area contributed by atoms with Gasteiger partial charge in [0.1, 0.15) is 5.75 Å². The smallest absolute Gasteiger partial charge is 0.319 e. The molecule has 1 heterocycles. The van der Waals surface area contributed by atoms with E-state index in [0.29, 0.717) is 27.6 Å². The fourth-order valence-electron chi connectivity index (χ4n) is 2.84. The number of hydrazone groups is 1. The molecule has 0 aromatic heterocycles. The minimum atomic E-state index is -0.616. The number of urea groups is 1. The summed E-state index contributed by atoms with van der Waals surface area (Å²) >= 11 is 6.07. The fraction of sp³-hybridized carbons (Fsp3) is 0.150. The van der Waals surface area contributed by atoms with Crippen LogP contribution < -0.4 is 20.8 Å². The highest BCUT2D eigenvalue weighted by Crippen LogP contribution is 2.28. The predicted molar refractivity (Wildman–Crippen MR) is 107 cm³/mol. The number of nitrogens with one attached hydrogen (secondary N) is 3. The van der Waals surface area contributed by atoms with Crippen molar-refractivity contribution in [1.29, 1.82) is 0 Å². The van der Waals surface area contributed by atoms with Crippen molar-refractivity contribution in [1.82, 2.24) is 16.1 Å². The first kappa shape index (κ1) is 19.4. The molecule has 8 heteroatoms. The molecule has 28 heavy (non-hydrogen) atoms. The van der Waals surface area contributed by atoms with Gasteiger partial charge >= 0.3 is 6.03 Å². The number of rotatable bonds is 5. The number of hydrogen-bond donors (Lipinski definition) is 3. The molecule has 0 fully saturated rings. The summed E-state index contributed by atoms with van der Waals surface area (Å²) in [5.74, 6) is 0.245. The molecule has 3 rings (SSSR count). The molecule has 3 amide bonds. The van der Waals surface area contributed by atoms with E-state index < -0.39 is 11.9 Å². The number of carbonyl (C=O) groups excluding carboxylic acids is 2. The Labute approximate surface area is 167 Å². The summed E-state index contributed by atoms with van der Waals surface area (Å²) in [4.78, 5) is 24.7. The second-order valence-corrected chi connectivity index (χ2v) is 6.47. The van der Waals surface area contributed by atoms with Crippen molar-refractivity contribution < 1.29 is 14.3 Å². The quantitative estimate of drug-likeness (QED) is 0.533. The van der Waals surface area contributed by atoms with Crippen molar-refractivity contribution in [2.24, 2.45) is 5.10 Å². The monoisotopic (exact) mass is 398 g/mol. The molecule has 7 nitrogen and oxygen atoms in total. The number of methoxy groups -OCH3 is 1. The van der Waals surface area contributed by atoms with Crippen LogP contribution in [0.1, 0.15) is 24.1 Å². The van der Waals surface area contributed by atoms with E-state index in [9.17, 15) is 9.59 Å². The summed E-state index contributed by atoms with van der Waals surface area (Å²) in [6, 6.07) is 13.3. The lowest BCUT2D eigenvalue weighted by atomic mass is 9.95. The van der Waals surface area contributed by atoms with Crippen molar-refractivity contribution in [2.45, 2.75) is 13.0 Å². The van der Waals surface area contributed by atoms with E-state index >= 15 is 0 Å². The Hall–Kier alpha value is -3.32. The van der Waals surface area contributed by atoms with Crippen LogP contribution in [-0.2, 0) is 4.79 Å². The van der Waals surface area contributed by atoms with Crippen LogP contribution in [0.15, 0.2) is 64.9 Å². The Morgan fingerprint density at radius 2 is 1.93 bits per heavy atom. The summed E-state index contributed by atoms with van der Waals surface area (Å²) < 4.78 is 5.16. The standard InChI is InChI=1S/C20H19ClN4O3/c1-12-17(19(26)25-22-11-14-5-3-4-6-16(14)21)18(24-20(27)23-12)13-7-9-15(28-2)10-8-13/h3-11,18H,1-2H3,(H,25,26)(H2,23,24,27)/b22-11+. The van der Waals surface area contributed by atoms with E-state index in [1.54, 1.807) is 50.4 Å². The number of amides is 3. The average Bonchev–Trinajstić information content (AvgIpc) is 2.69. The van der Waals surface area contributed by atoms with Crippen LogP contribution >= 0.6 is 11.6 Å². The van der Waals surface area contributed by atoms with Crippen LogP contribution in [0.25, 0.3) is 0 Å². The lowest BCUT2D eigenvalue weighted by Gasteiger charge is -2.28. The Morgan fingerprint density at radius 1 is 1.21 bits per heavy atom. The van der Waals surface area contributed by atoms with Gasteiger partial charge in [0.15, 0.2) is 0 Å². The first-order valence-corrected chi connectivity index (χ1v) is 8.87. The van der Waals surface area contributed by atoms with Gasteiger partial charge in [0.2, 0.25) is 0 Å². The molecule has 3 N–H and O–H groups in total. The lowest BCUT2D eigenvalue weighted by Crippen LogP contribution is -2.46. The molecule has 1 atom stereocenters. The summed E-state index contributed by atoms with van der Waals surface area (Å²) in [6.07, 6.45) is 1.47. The summed E-state index contributed by atoms with van der Waals surface area (Å²) in [5.41, 5.74) is 4.73. The molecule has 1 aliphatic heterocycles. The Kier molecular flexibility index (Phi) is 5.96. The maximum absolute atomic E-state index is 12.8. The Morgan fingerprint density at radius 3 is 2.61 bits per heavy atom. The molecule has 2 aromatic carbocycles. The van der Waals surface area contributed by atoms with E-state index in [4.69, 9.17) is 16.3 Å². The van der Waals surface area contributed by atoms with Gasteiger partial charge in [-0.3, -0.25) is 4.79 Å². The van der Waals surface area contributed by atoms with E-state index in [2.05, 4.69) is 21.2 Å². The average molecular weight is 399 g/mol. The van der Waals surface area contributed by atoms with Crippen LogP contribution in [0.4, 0.5) is 4.79 Å². The third-order valence-electron chi connectivity index (χ3n) is 4.24. The number of halogens is 1. The van der Waals surface area contributed by atoms with E-state index in [1.165, 1.54) is 6.21 Å². The SMILES string of the molecule is COc1ccc(C2NC(=O)NC(C)=C2C(=O)N/N=C/c2ccccc2Cl)cc1. The second kappa shape index (κ2) is 8.58. The molecular formula is C20H19ClN4O3. The number of benzene rings is 2. The van der Waals surface area contributed by atoms with Crippen molar-refractivity contribution >= 4 is 29.8 Å². The number of allylic oxidation sites excluding steroid dienone is 1. The minimum Gasteiger partial charge on any atom is -0.497 e. The zero-order chi connectivity index (χ0) is 20.1. The third-order valence-corrected chi connectivity index (χ3v) is 4.58. The maximum atomic E-state index is 12.8. The van der Waals surface area contributed by atoms with Crippen LogP contribution in [0.2, 0.25) is 5.02 Å². The van der Waals surface area contributed by atoms with E-state index in [1.807, 2.05) is 12.1 Å². The van der Waals surface area contributed by atoms with Crippen molar-refractivity contribution in [3.63, 3.8) is 0 Å². The highest BCUT2D eigenvalue weighted by Gasteiger charge is 2.31. The molecule has 0 spiro atoms. The highest BCUT2D eigenvalue weighted by atomic mass is 35.5. The topological polar surface area (TPSA) is 91.8 Å². The van der Waals surface area contributed by atoms with E-state index in [0.717, 1.165) is 5.56 Å². The molecule has 0 saturated heterocycles. The molecule has 1 aliphatic rings. The van der Waals surface area contributed by atoms with Gasteiger partial charge in [0.25, 0.3) is 5.91 Å². The molecule has 0 aliphatic carbocycles. The van der Waals surface area contributed by atoms with Gasteiger partial charge in [0.05, 0.1) is 24.9 Å². The van der Waals surface area contributed by atoms with E-state index in [-0.39, 0.29) is 6.03 Å². The third kappa shape index (κ3) is 4.32. The van der Waals surface area contributed by atoms with Crippen LogP contribution in [0.3, 0.4) is 0 Å². The van der Waals surface area contributed by atoms with Crippen molar-refractivity contribution in [3.8, 4) is 5.75 Å². The number of carbonyl (C=O) groups is 2. The molecule has 0 bridgehead atoms. The van der Waals surface area contributed by atoms with Crippen LogP contribution in [0, 0.1) is 0 Å². The predicted octanol–water partition coefficient (Wildman–Crippen LogP) is 3.13. The van der Waals surface area contributed by atoms with Gasteiger partial charge in [-0.05, 0) is 30.7 Å². The summed E-state index contributed by atoms with van der Waals surface area (Å²) in [7, 11) is 1.57. The molecule has 0 radical (unpaired) electrons. The lowest BCUT2D eigenvalue weighted by molar-refractivity contribution is -0.117. The molecule has 2 aromatic rings. The van der Waals surface area contributed by atoms with Crippen molar-refractivity contribution in [2.75, 3.05) is 7.11 Å².